The largest absolute Gasteiger partial charge is 0.486 e. The van der Waals surface area contributed by atoms with Crippen molar-refractivity contribution in [2.45, 2.75) is 12.8 Å². The molecule has 1 saturated heterocycles. The Kier molecular flexibility index (Phi) is 6.97. The third kappa shape index (κ3) is 5.63. The molecule has 1 amide bonds. The number of hydrogen-bond acceptors (Lipinski definition) is 5. The van der Waals surface area contributed by atoms with Crippen LogP contribution in [0.1, 0.15) is 21.5 Å². The van der Waals surface area contributed by atoms with Crippen LogP contribution < -0.4 is 15.0 Å². The van der Waals surface area contributed by atoms with Gasteiger partial charge in [0.15, 0.2) is 11.6 Å². The lowest BCUT2D eigenvalue weighted by Gasteiger charge is -2.31. The maximum absolute atomic E-state index is 14.2. The highest BCUT2D eigenvalue weighted by Crippen LogP contribution is 2.38. The van der Waals surface area contributed by atoms with E-state index in [1.165, 1.54) is 24.3 Å². The molecule has 0 saturated carbocycles. The number of morpholine rings is 1. The number of alkyl halides is 3. The van der Waals surface area contributed by atoms with Crippen molar-refractivity contribution in [2.75, 3.05) is 36.5 Å². The zero-order chi connectivity index (χ0) is 24.1. The summed E-state index contributed by atoms with van der Waals surface area (Å²) in [6, 6.07) is 10.6. The van der Waals surface area contributed by atoms with E-state index in [-0.39, 0.29) is 29.3 Å². The van der Waals surface area contributed by atoms with E-state index in [1.54, 1.807) is 29.4 Å². The van der Waals surface area contributed by atoms with Gasteiger partial charge in [-0.05, 0) is 42.5 Å². The Morgan fingerprint density at radius 1 is 1.12 bits per heavy atom. The summed E-state index contributed by atoms with van der Waals surface area (Å²) in [5.74, 6) is -1.52. The third-order valence-electron chi connectivity index (χ3n) is 5.22. The number of benzene rings is 2. The number of carbonyl (C=O) groups excluding carboxylic acids is 1. The van der Waals surface area contributed by atoms with Crippen LogP contribution in [0.15, 0.2) is 60.9 Å². The van der Waals surface area contributed by atoms with Crippen molar-refractivity contribution in [1.82, 2.24) is 4.98 Å². The van der Waals surface area contributed by atoms with Crippen molar-refractivity contribution in [1.29, 1.82) is 0 Å². The van der Waals surface area contributed by atoms with Crippen LogP contribution in [0.5, 0.6) is 5.75 Å². The smallest absolute Gasteiger partial charge is 0.418 e. The third-order valence-corrected chi connectivity index (χ3v) is 5.22. The van der Waals surface area contributed by atoms with Gasteiger partial charge in [-0.15, -0.1) is 0 Å². The van der Waals surface area contributed by atoms with Gasteiger partial charge in [0.25, 0.3) is 5.91 Å². The van der Waals surface area contributed by atoms with Gasteiger partial charge < -0.3 is 19.7 Å². The fraction of sp³-hybridized carbons (Fsp3) is 0.250. The van der Waals surface area contributed by atoms with E-state index in [0.29, 0.717) is 31.9 Å². The Balaban J connectivity index is 1.51. The van der Waals surface area contributed by atoms with Crippen LogP contribution >= 0.6 is 0 Å². The highest BCUT2D eigenvalue weighted by Gasteiger charge is 2.35. The van der Waals surface area contributed by atoms with Gasteiger partial charge in [-0.2, -0.15) is 13.2 Å². The molecule has 0 spiro atoms. The molecule has 0 radical (unpaired) electrons. The standard InChI is InChI=1S/C24H21F4N3O3/c25-20-5-3-17(12-22(20)34-15-16-2-1-7-29-14-16)23(32)30-18-4-6-21(19(13-18)24(26,27)28)31-8-10-33-11-9-31/h1-7,12-14H,8-11,15H2,(H,30,32). The summed E-state index contributed by atoms with van der Waals surface area (Å²) in [6.07, 6.45) is -1.46. The fourth-order valence-electron chi connectivity index (χ4n) is 3.52. The van der Waals surface area contributed by atoms with Crippen molar-refractivity contribution in [3.05, 3.63) is 83.4 Å². The first kappa shape index (κ1) is 23.5. The first-order valence-electron chi connectivity index (χ1n) is 10.5. The molecule has 0 bridgehead atoms. The number of rotatable bonds is 6. The van der Waals surface area contributed by atoms with Crippen LogP contribution in [-0.2, 0) is 17.5 Å². The minimum atomic E-state index is -4.61. The van der Waals surface area contributed by atoms with E-state index in [2.05, 4.69) is 10.3 Å². The van der Waals surface area contributed by atoms with E-state index in [9.17, 15) is 22.4 Å². The molecular weight excluding hydrogens is 454 g/mol. The lowest BCUT2D eigenvalue weighted by molar-refractivity contribution is -0.137. The second-order valence-corrected chi connectivity index (χ2v) is 7.58. The summed E-state index contributed by atoms with van der Waals surface area (Å²) in [7, 11) is 0. The normalized spacial score (nSPS) is 14.1. The van der Waals surface area contributed by atoms with Gasteiger partial charge in [-0.1, -0.05) is 6.07 Å². The Hall–Kier alpha value is -3.66. The van der Waals surface area contributed by atoms with E-state index in [1.807, 2.05) is 0 Å². The van der Waals surface area contributed by atoms with E-state index >= 15 is 0 Å². The van der Waals surface area contributed by atoms with Gasteiger partial charge in [-0.3, -0.25) is 9.78 Å². The van der Waals surface area contributed by atoms with Crippen molar-refractivity contribution >= 4 is 17.3 Å². The summed E-state index contributed by atoms with van der Waals surface area (Å²) in [5, 5.41) is 2.45. The average Bonchev–Trinajstić information content (AvgIpc) is 2.84. The van der Waals surface area contributed by atoms with Gasteiger partial charge in [-0.25, -0.2) is 4.39 Å². The predicted molar refractivity (Wildman–Crippen MR) is 117 cm³/mol. The highest BCUT2D eigenvalue weighted by atomic mass is 19.4. The first-order valence-corrected chi connectivity index (χ1v) is 10.5. The molecule has 1 aliphatic heterocycles. The number of nitrogens with zero attached hydrogens (tertiary/aromatic N) is 2. The summed E-state index contributed by atoms with van der Waals surface area (Å²) < 4.78 is 66.0. The number of ether oxygens (including phenoxy) is 2. The molecule has 1 N–H and O–H groups in total. The van der Waals surface area contributed by atoms with Gasteiger partial charge >= 0.3 is 6.18 Å². The van der Waals surface area contributed by atoms with Crippen molar-refractivity contribution in [3.63, 3.8) is 0 Å². The van der Waals surface area contributed by atoms with Crippen molar-refractivity contribution in [3.8, 4) is 5.75 Å². The van der Waals surface area contributed by atoms with Gasteiger partial charge in [0, 0.05) is 48.0 Å². The minimum Gasteiger partial charge on any atom is -0.486 e. The monoisotopic (exact) mass is 475 g/mol. The molecule has 0 aliphatic carbocycles. The zero-order valence-electron chi connectivity index (χ0n) is 17.9. The molecule has 3 aromatic rings. The van der Waals surface area contributed by atoms with Crippen LogP contribution in [0.3, 0.4) is 0 Å². The number of anilines is 2. The van der Waals surface area contributed by atoms with E-state index in [4.69, 9.17) is 9.47 Å². The molecule has 0 unspecified atom stereocenters. The van der Waals surface area contributed by atoms with Crippen molar-refractivity contribution in [2.24, 2.45) is 0 Å². The number of aromatic nitrogens is 1. The number of nitrogens with one attached hydrogen (secondary N) is 1. The quantitative estimate of drug-likeness (QED) is 0.514. The number of amides is 1. The number of pyridine rings is 1. The lowest BCUT2D eigenvalue weighted by Crippen LogP contribution is -2.37. The molecular formula is C24H21F4N3O3. The van der Waals surface area contributed by atoms with Crippen molar-refractivity contribution < 1.29 is 31.8 Å². The molecule has 2 heterocycles. The molecule has 178 valence electrons. The Morgan fingerprint density at radius 2 is 1.91 bits per heavy atom. The Morgan fingerprint density at radius 3 is 2.62 bits per heavy atom. The summed E-state index contributed by atoms with van der Waals surface area (Å²) in [5.41, 5.74) is -0.116. The van der Waals surface area contributed by atoms with Crippen LogP contribution in [0, 0.1) is 5.82 Å². The summed E-state index contributed by atoms with van der Waals surface area (Å²) in [6.45, 7) is 1.39. The van der Waals surface area contributed by atoms with Crippen LogP contribution in [0.2, 0.25) is 0 Å². The predicted octanol–water partition coefficient (Wildman–Crippen LogP) is 4.91. The molecule has 1 fully saturated rings. The minimum absolute atomic E-state index is 0.0293. The lowest BCUT2D eigenvalue weighted by atomic mass is 10.1. The molecule has 2 aromatic carbocycles. The van der Waals surface area contributed by atoms with Crippen LogP contribution in [0.4, 0.5) is 28.9 Å². The topological polar surface area (TPSA) is 63.7 Å². The molecule has 4 rings (SSSR count). The maximum Gasteiger partial charge on any atom is 0.418 e. The Labute approximate surface area is 193 Å². The van der Waals surface area contributed by atoms with Crippen LogP contribution in [-0.4, -0.2) is 37.2 Å². The second-order valence-electron chi connectivity index (χ2n) is 7.58. The number of halogens is 4. The number of hydrogen-bond donors (Lipinski definition) is 1. The maximum atomic E-state index is 14.2. The Bertz CT molecular complexity index is 1150. The molecule has 6 nitrogen and oxygen atoms in total. The van der Waals surface area contributed by atoms with Gasteiger partial charge in [0.2, 0.25) is 0 Å². The van der Waals surface area contributed by atoms with Gasteiger partial charge in [0.05, 0.1) is 18.8 Å². The highest BCUT2D eigenvalue weighted by molar-refractivity contribution is 6.04. The molecule has 34 heavy (non-hydrogen) atoms. The summed E-state index contributed by atoms with van der Waals surface area (Å²) >= 11 is 0. The molecule has 1 aliphatic rings. The van der Waals surface area contributed by atoms with E-state index in [0.717, 1.165) is 12.1 Å². The first-order chi connectivity index (χ1) is 16.3. The zero-order valence-corrected chi connectivity index (χ0v) is 17.9. The van der Waals surface area contributed by atoms with Gasteiger partial charge in [0.1, 0.15) is 6.61 Å². The SMILES string of the molecule is O=C(Nc1ccc(N2CCOCC2)c(C(F)(F)F)c1)c1ccc(F)c(OCc2cccnc2)c1. The van der Waals surface area contributed by atoms with E-state index < -0.39 is 23.5 Å². The molecule has 10 heteroatoms. The molecule has 0 atom stereocenters. The fourth-order valence-corrected chi connectivity index (χ4v) is 3.52. The second kappa shape index (κ2) is 10.1. The molecule has 1 aromatic heterocycles. The average molecular weight is 475 g/mol. The summed E-state index contributed by atoms with van der Waals surface area (Å²) in [4.78, 5) is 18.2. The number of carbonyl (C=O) groups is 1. The van der Waals surface area contributed by atoms with Crippen LogP contribution in [0.25, 0.3) is 0 Å².